The Morgan fingerprint density at radius 3 is 2.45 bits per heavy atom. The van der Waals surface area contributed by atoms with Gasteiger partial charge in [-0.05, 0) is 39.3 Å². The van der Waals surface area contributed by atoms with Gasteiger partial charge < -0.3 is 9.84 Å². The fourth-order valence-electron chi connectivity index (χ4n) is 2.10. The molecule has 0 aliphatic heterocycles. The Balaban J connectivity index is 2.26. The average molecular weight is 322 g/mol. The van der Waals surface area contributed by atoms with Gasteiger partial charge in [-0.1, -0.05) is 22.9 Å². The lowest BCUT2D eigenvalue weighted by Gasteiger charge is -2.14. The van der Waals surface area contributed by atoms with Gasteiger partial charge in [-0.2, -0.15) is 0 Å². The molecule has 22 heavy (non-hydrogen) atoms. The topological polar surface area (TPSA) is 89.3 Å². The molecule has 1 heterocycles. The number of amides is 1. The quantitative estimate of drug-likeness (QED) is 0.933. The van der Waals surface area contributed by atoms with Gasteiger partial charge in [0.2, 0.25) is 5.91 Å². The average Bonchev–Trinajstić information content (AvgIpc) is 2.82. The molecule has 1 aromatic carbocycles. The van der Waals surface area contributed by atoms with Crippen LogP contribution in [0.3, 0.4) is 0 Å². The highest BCUT2D eigenvalue weighted by Gasteiger charge is 2.31. The highest BCUT2D eigenvalue weighted by atomic mass is 32.2. The minimum atomic E-state index is -3.77. The van der Waals surface area contributed by atoms with Crippen LogP contribution in [-0.4, -0.2) is 24.7 Å². The van der Waals surface area contributed by atoms with Crippen molar-refractivity contribution >= 4 is 21.6 Å². The first-order chi connectivity index (χ1) is 10.2. The third-order valence-corrected chi connectivity index (χ3v) is 5.57. The zero-order valence-electron chi connectivity index (χ0n) is 12.9. The molecule has 1 amide bonds. The molecular formula is C15H18N2O4S. The number of anilines is 1. The van der Waals surface area contributed by atoms with E-state index >= 15 is 0 Å². The van der Waals surface area contributed by atoms with E-state index in [9.17, 15) is 13.2 Å². The van der Waals surface area contributed by atoms with Crippen molar-refractivity contribution in [3.8, 4) is 0 Å². The Morgan fingerprint density at radius 2 is 1.91 bits per heavy atom. The van der Waals surface area contributed by atoms with Gasteiger partial charge in [0.15, 0.2) is 15.7 Å². The molecule has 0 unspecified atom stereocenters. The summed E-state index contributed by atoms with van der Waals surface area (Å²) in [5, 5.41) is 4.84. The Morgan fingerprint density at radius 1 is 1.23 bits per heavy atom. The number of nitrogens with one attached hydrogen (secondary N) is 1. The van der Waals surface area contributed by atoms with Gasteiger partial charge in [0.1, 0.15) is 11.0 Å². The first-order valence-electron chi connectivity index (χ1n) is 6.77. The van der Waals surface area contributed by atoms with E-state index in [4.69, 9.17) is 4.52 Å². The molecule has 1 aromatic heterocycles. The number of carbonyl (C=O) groups is 1. The number of rotatable bonds is 4. The van der Waals surface area contributed by atoms with Crippen molar-refractivity contribution in [3.05, 3.63) is 41.2 Å². The minimum Gasteiger partial charge on any atom is -0.360 e. The van der Waals surface area contributed by atoms with Gasteiger partial charge in [-0.25, -0.2) is 8.42 Å². The first-order valence-corrected chi connectivity index (χ1v) is 8.32. The van der Waals surface area contributed by atoms with Gasteiger partial charge in [-0.3, -0.25) is 4.79 Å². The second kappa shape index (κ2) is 5.92. The van der Waals surface area contributed by atoms with Gasteiger partial charge in [0, 0.05) is 6.07 Å². The van der Waals surface area contributed by atoms with Crippen LogP contribution in [-0.2, 0) is 14.6 Å². The summed E-state index contributed by atoms with van der Waals surface area (Å²) in [4.78, 5) is 12.3. The Bertz CT molecular complexity index is 809. The maximum Gasteiger partial charge on any atom is 0.244 e. The van der Waals surface area contributed by atoms with Crippen molar-refractivity contribution < 1.29 is 17.7 Å². The molecule has 1 atom stereocenters. The fourth-order valence-corrected chi connectivity index (χ4v) is 3.59. The Kier molecular flexibility index (Phi) is 4.37. The summed E-state index contributed by atoms with van der Waals surface area (Å²) in [5.74, 6) is 0.0821. The molecule has 2 rings (SSSR count). The number of nitrogens with zero attached hydrogens (tertiary/aromatic N) is 1. The number of aromatic nitrogens is 1. The molecule has 0 saturated heterocycles. The number of hydrogen-bond acceptors (Lipinski definition) is 5. The van der Waals surface area contributed by atoms with Crippen molar-refractivity contribution in [2.75, 3.05) is 5.32 Å². The Labute approximate surface area is 129 Å². The summed E-state index contributed by atoms with van der Waals surface area (Å²) in [7, 11) is -3.77. The van der Waals surface area contributed by atoms with Crippen LogP contribution in [0.1, 0.15) is 23.8 Å². The van der Waals surface area contributed by atoms with E-state index in [0.29, 0.717) is 11.3 Å². The number of benzene rings is 1. The van der Waals surface area contributed by atoms with E-state index in [-0.39, 0.29) is 10.7 Å². The van der Waals surface area contributed by atoms with Crippen molar-refractivity contribution in [1.82, 2.24) is 5.16 Å². The number of hydrogen-bond donors (Lipinski definition) is 1. The van der Waals surface area contributed by atoms with Crippen LogP contribution >= 0.6 is 0 Å². The third kappa shape index (κ3) is 3.19. The second-order valence-corrected chi connectivity index (χ2v) is 7.51. The molecule has 2 aromatic rings. The van der Waals surface area contributed by atoms with Gasteiger partial charge in [0.05, 0.1) is 4.90 Å². The molecular weight excluding hydrogens is 304 g/mol. The van der Waals surface area contributed by atoms with Crippen LogP contribution in [0, 0.1) is 20.8 Å². The molecule has 7 heteroatoms. The molecule has 6 nitrogen and oxygen atoms in total. The summed E-state index contributed by atoms with van der Waals surface area (Å²) < 4.78 is 30.0. The summed E-state index contributed by atoms with van der Waals surface area (Å²) in [5.41, 5.74) is 1.59. The van der Waals surface area contributed by atoms with E-state index in [1.165, 1.54) is 19.1 Å². The summed E-state index contributed by atoms with van der Waals surface area (Å²) in [6.45, 7) is 6.63. The highest BCUT2D eigenvalue weighted by Crippen LogP contribution is 2.22. The monoisotopic (exact) mass is 322 g/mol. The van der Waals surface area contributed by atoms with E-state index in [2.05, 4.69) is 10.5 Å². The fraction of sp³-hybridized carbons (Fsp3) is 0.333. The maximum atomic E-state index is 12.6. The molecule has 0 radical (unpaired) electrons. The number of aryl methyl sites for hydroxylation is 3. The molecule has 0 fully saturated rings. The van der Waals surface area contributed by atoms with Crippen LogP contribution in [0.2, 0.25) is 0 Å². The number of sulfone groups is 1. The summed E-state index contributed by atoms with van der Waals surface area (Å²) >= 11 is 0. The molecule has 0 aliphatic rings. The SMILES string of the molecule is Cc1ccc(S(=O)(=O)[C@@H](C)C(=O)Nc2cc(C)on2)c(C)c1. The molecule has 0 saturated carbocycles. The standard InChI is InChI=1S/C15H18N2O4S/c1-9-5-6-13(10(2)7-9)22(19,20)12(4)15(18)16-14-8-11(3)21-17-14/h5-8,12H,1-4H3,(H,16,17,18)/t12-/m0/s1. The molecule has 1 N–H and O–H groups in total. The van der Waals surface area contributed by atoms with Gasteiger partial charge in [-0.15, -0.1) is 0 Å². The lowest BCUT2D eigenvalue weighted by molar-refractivity contribution is -0.115. The normalized spacial score (nSPS) is 12.9. The minimum absolute atomic E-state index is 0.164. The van der Waals surface area contributed by atoms with E-state index in [1.54, 1.807) is 26.0 Å². The van der Waals surface area contributed by atoms with Crippen molar-refractivity contribution in [1.29, 1.82) is 0 Å². The largest absolute Gasteiger partial charge is 0.360 e. The van der Waals surface area contributed by atoms with E-state index < -0.39 is 21.0 Å². The summed E-state index contributed by atoms with van der Waals surface area (Å²) in [6, 6.07) is 6.54. The third-order valence-electron chi connectivity index (χ3n) is 3.35. The van der Waals surface area contributed by atoms with E-state index in [1.807, 2.05) is 6.92 Å². The van der Waals surface area contributed by atoms with Crippen LogP contribution in [0.15, 0.2) is 33.7 Å². The molecule has 0 bridgehead atoms. The highest BCUT2D eigenvalue weighted by molar-refractivity contribution is 7.92. The smallest absolute Gasteiger partial charge is 0.244 e. The zero-order chi connectivity index (χ0) is 16.5. The zero-order valence-corrected chi connectivity index (χ0v) is 13.7. The summed E-state index contributed by atoms with van der Waals surface area (Å²) in [6.07, 6.45) is 0. The van der Waals surface area contributed by atoms with Crippen LogP contribution in [0.5, 0.6) is 0 Å². The molecule has 118 valence electrons. The molecule has 0 spiro atoms. The van der Waals surface area contributed by atoms with Crippen LogP contribution in [0.4, 0.5) is 5.82 Å². The van der Waals surface area contributed by atoms with Crippen LogP contribution in [0.25, 0.3) is 0 Å². The van der Waals surface area contributed by atoms with Crippen LogP contribution < -0.4 is 5.32 Å². The predicted octanol–water partition coefficient (Wildman–Crippen LogP) is 2.40. The first kappa shape index (κ1) is 16.2. The van der Waals surface area contributed by atoms with Gasteiger partial charge in [0.25, 0.3) is 0 Å². The maximum absolute atomic E-state index is 12.6. The molecule has 0 aliphatic carbocycles. The van der Waals surface area contributed by atoms with Gasteiger partial charge >= 0.3 is 0 Å². The van der Waals surface area contributed by atoms with Crippen molar-refractivity contribution in [3.63, 3.8) is 0 Å². The lowest BCUT2D eigenvalue weighted by Crippen LogP contribution is -2.33. The lowest BCUT2D eigenvalue weighted by atomic mass is 10.2. The second-order valence-electron chi connectivity index (χ2n) is 5.27. The predicted molar refractivity (Wildman–Crippen MR) is 82.4 cm³/mol. The number of carbonyl (C=O) groups excluding carboxylic acids is 1. The van der Waals surface area contributed by atoms with Crippen molar-refractivity contribution in [2.24, 2.45) is 0 Å². The Hall–Kier alpha value is -2.15. The van der Waals surface area contributed by atoms with Crippen molar-refractivity contribution in [2.45, 2.75) is 37.8 Å². The van der Waals surface area contributed by atoms with E-state index in [0.717, 1.165) is 5.56 Å².